The minimum atomic E-state index is -0.242. The fraction of sp³-hybridized carbons (Fsp3) is 0.348. The van der Waals surface area contributed by atoms with Crippen LogP contribution in [0.4, 0.5) is 4.39 Å². The predicted molar refractivity (Wildman–Crippen MR) is 106 cm³/mol. The highest BCUT2D eigenvalue weighted by Gasteiger charge is 2.09. The number of hydrogen-bond donors (Lipinski definition) is 0. The van der Waals surface area contributed by atoms with Crippen LogP contribution >= 0.6 is 0 Å². The van der Waals surface area contributed by atoms with E-state index in [4.69, 9.17) is 9.72 Å². The van der Waals surface area contributed by atoms with E-state index in [2.05, 4.69) is 6.92 Å². The highest BCUT2D eigenvalue weighted by Crippen LogP contribution is 2.30. The summed E-state index contributed by atoms with van der Waals surface area (Å²) in [6, 6.07) is 16.4. The summed E-state index contributed by atoms with van der Waals surface area (Å²) in [6.07, 6.45) is 7.43. The number of fused-ring (bicyclic) bond motifs is 1. The van der Waals surface area contributed by atoms with Crippen LogP contribution in [0.3, 0.4) is 0 Å². The zero-order chi connectivity index (χ0) is 18.2. The van der Waals surface area contributed by atoms with Gasteiger partial charge in [-0.15, -0.1) is 0 Å². The van der Waals surface area contributed by atoms with Gasteiger partial charge in [0.25, 0.3) is 0 Å². The van der Waals surface area contributed by atoms with Crippen LogP contribution in [0.25, 0.3) is 22.2 Å². The van der Waals surface area contributed by atoms with Crippen LogP contribution in [0, 0.1) is 5.82 Å². The van der Waals surface area contributed by atoms with E-state index in [-0.39, 0.29) is 5.82 Å². The normalized spacial score (nSPS) is 11.0. The van der Waals surface area contributed by atoms with Crippen molar-refractivity contribution in [2.75, 3.05) is 6.61 Å². The molecule has 0 unspecified atom stereocenters. The maximum absolute atomic E-state index is 13.2. The number of benzene rings is 2. The van der Waals surface area contributed by atoms with E-state index >= 15 is 0 Å². The second-order valence-electron chi connectivity index (χ2n) is 6.65. The molecule has 3 aromatic rings. The molecule has 26 heavy (non-hydrogen) atoms. The Morgan fingerprint density at radius 3 is 2.42 bits per heavy atom. The van der Waals surface area contributed by atoms with Crippen molar-refractivity contribution in [1.29, 1.82) is 0 Å². The van der Waals surface area contributed by atoms with E-state index in [1.165, 1.54) is 44.2 Å². The van der Waals surface area contributed by atoms with E-state index in [1.54, 1.807) is 12.1 Å². The summed E-state index contributed by atoms with van der Waals surface area (Å²) < 4.78 is 19.3. The number of halogens is 1. The summed E-state index contributed by atoms with van der Waals surface area (Å²) in [6.45, 7) is 2.94. The second-order valence-corrected chi connectivity index (χ2v) is 6.65. The van der Waals surface area contributed by atoms with Crippen LogP contribution in [0.15, 0.2) is 54.6 Å². The zero-order valence-electron chi connectivity index (χ0n) is 15.4. The van der Waals surface area contributed by atoms with E-state index in [1.807, 2.05) is 30.3 Å². The van der Waals surface area contributed by atoms with Gasteiger partial charge < -0.3 is 4.74 Å². The molecule has 1 aromatic heterocycles. The fourth-order valence-electron chi connectivity index (χ4n) is 3.10. The Kier molecular flexibility index (Phi) is 6.59. The topological polar surface area (TPSA) is 22.1 Å². The van der Waals surface area contributed by atoms with Gasteiger partial charge in [0, 0.05) is 17.0 Å². The number of pyridine rings is 1. The first-order valence-corrected chi connectivity index (χ1v) is 9.56. The first-order valence-electron chi connectivity index (χ1n) is 9.56. The molecule has 3 heteroatoms. The SMILES string of the molecule is CCCCCCCCOc1cc(-c2ccc(F)cc2)nc2ccccc12. The van der Waals surface area contributed by atoms with E-state index in [0.29, 0.717) is 6.61 Å². The number of rotatable bonds is 9. The molecule has 0 saturated heterocycles. The molecule has 0 aliphatic heterocycles. The van der Waals surface area contributed by atoms with E-state index in [9.17, 15) is 4.39 Å². The van der Waals surface area contributed by atoms with Crippen molar-refractivity contribution in [3.63, 3.8) is 0 Å². The second kappa shape index (κ2) is 9.33. The molecule has 2 aromatic carbocycles. The molecular formula is C23H26FNO. The van der Waals surface area contributed by atoms with Crippen molar-refractivity contribution in [2.45, 2.75) is 45.4 Å². The average molecular weight is 351 g/mol. The van der Waals surface area contributed by atoms with Crippen LogP contribution in [0.1, 0.15) is 45.4 Å². The lowest BCUT2D eigenvalue weighted by Gasteiger charge is -2.12. The largest absolute Gasteiger partial charge is 0.493 e. The maximum atomic E-state index is 13.2. The molecule has 0 atom stereocenters. The van der Waals surface area contributed by atoms with Crippen molar-refractivity contribution in [1.82, 2.24) is 4.98 Å². The molecule has 0 N–H and O–H groups in total. The third-order valence-corrected chi connectivity index (χ3v) is 4.57. The number of unbranched alkanes of at least 4 members (excludes halogenated alkanes) is 5. The number of aromatic nitrogens is 1. The maximum Gasteiger partial charge on any atom is 0.130 e. The summed E-state index contributed by atoms with van der Waals surface area (Å²) in [5, 5.41) is 1.02. The van der Waals surface area contributed by atoms with Crippen molar-refractivity contribution in [3.8, 4) is 17.0 Å². The van der Waals surface area contributed by atoms with Crippen molar-refractivity contribution >= 4 is 10.9 Å². The Hall–Kier alpha value is -2.42. The van der Waals surface area contributed by atoms with Gasteiger partial charge in [-0.25, -0.2) is 9.37 Å². The quantitative estimate of drug-likeness (QED) is 0.396. The van der Waals surface area contributed by atoms with Crippen molar-refractivity contribution in [2.24, 2.45) is 0 Å². The number of para-hydroxylation sites is 1. The first kappa shape index (κ1) is 18.4. The smallest absolute Gasteiger partial charge is 0.130 e. The molecule has 2 nitrogen and oxygen atoms in total. The third-order valence-electron chi connectivity index (χ3n) is 4.57. The Balaban J connectivity index is 1.74. The van der Waals surface area contributed by atoms with Gasteiger partial charge in [-0.2, -0.15) is 0 Å². The standard InChI is InChI=1S/C23H26FNO/c1-2-3-4-5-6-9-16-26-23-17-22(18-12-14-19(24)15-13-18)25-21-11-8-7-10-20(21)23/h7-8,10-15,17H,2-6,9,16H2,1H3. The molecule has 0 bridgehead atoms. The molecule has 0 spiro atoms. The Bertz CT molecular complexity index is 829. The van der Waals surface area contributed by atoms with Crippen LogP contribution < -0.4 is 4.74 Å². The summed E-state index contributed by atoms with van der Waals surface area (Å²) in [5.74, 6) is 0.609. The minimum absolute atomic E-state index is 0.242. The summed E-state index contributed by atoms with van der Waals surface area (Å²) in [5.41, 5.74) is 2.59. The molecule has 136 valence electrons. The van der Waals surface area contributed by atoms with Crippen molar-refractivity contribution in [3.05, 3.63) is 60.4 Å². The van der Waals surface area contributed by atoms with Crippen LogP contribution in [0.5, 0.6) is 5.75 Å². The highest BCUT2D eigenvalue weighted by atomic mass is 19.1. The van der Waals surface area contributed by atoms with Gasteiger partial charge in [0.2, 0.25) is 0 Å². The molecule has 0 amide bonds. The number of ether oxygens (including phenoxy) is 1. The Labute approximate surface area is 155 Å². The number of nitrogens with zero attached hydrogens (tertiary/aromatic N) is 1. The molecule has 0 aliphatic rings. The average Bonchev–Trinajstić information content (AvgIpc) is 2.67. The van der Waals surface area contributed by atoms with Gasteiger partial charge in [-0.3, -0.25) is 0 Å². The fourth-order valence-corrected chi connectivity index (χ4v) is 3.10. The molecule has 0 aliphatic carbocycles. The predicted octanol–water partition coefficient (Wildman–Crippen LogP) is 6.78. The zero-order valence-corrected chi connectivity index (χ0v) is 15.4. The molecule has 0 radical (unpaired) electrons. The van der Waals surface area contributed by atoms with Gasteiger partial charge in [0.15, 0.2) is 0 Å². The van der Waals surface area contributed by atoms with E-state index < -0.39 is 0 Å². The summed E-state index contributed by atoms with van der Waals surface area (Å²) in [4.78, 5) is 4.71. The Morgan fingerprint density at radius 1 is 0.885 bits per heavy atom. The van der Waals surface area contributed by atoms with Gasteiger partial charge in [-0.1, -0.05) is 51.2 Å². The van der Waals surface area contributed by atoms with Gasteiger partial charge >= 0.3 is 0 Å². The lowest BCUT2D eigenvalue weighted by atomic mass is 10.1. The number of hydrogen-bond acceptors (Lipinski definition) is 2. The highest BCUT2D eigenvalue weighted by molar-refractivity contribution is 5.87. The summed E-state index contributed by atoms with van der Waals surface area (Å²) in [7, 11) is 0. The monoisotopic (exact) mass is 351 g/mol. The van der Waals surface area contributed by atoms with E-state index in [0.717, 1.165) is 34.3 Å². The molecular weight excluding hydrogens is 325 g/mol. The lowest BCUT2D eigenvalue weighted by Crippen LogP contribution is -1.99. The third kappa shape index (κ3) is 4.81. The Morgan fingerprint density at radius 2 is 1.62 bits per heavy atom. The lowest BCUT2D eigenvalue weighted by molar-refractivity contribution is 0.308. The molecule has 0 fully saturated rings. The minimum Gasteiger partial charge on any atom is -0.493 e. The van der Waals surface area contributed by atoms with Crippen LogP contribution in [0.2, 0.25) is 0 Å². The van der Waals surface area contributed by atoms with Crippen LogP contribution in [-0.2, 0) is 0 Å². The van der Waals surface area contributed by atoms with Crippen molar-refractivity contribution < 1.29 is 9.13 Å². The first-order chi connectivity index (χ1) is 12.8. The summed E-state index contributed by atoms with van der Waals surface area (Å²) >= 11 is 0. The molecule has 3 rings (SSSR count). The van der Waals surface area contributed by atoms with Crippen LogP contribution in [-0.4, -0.2) is 11.6 Å². The van der Waals surface area contributed by atoms with Gasteiger partial charge in [-0.05, 0) is 42.8 Å². The van der Waals surface area contributed by atoms with Gasteiger partial charge in [0.05, 0.1) is 17.8 Å². The molecule has 1 heterocycles. The molecule has 0 saturated carbocycles. The van der Waals surface area contributed by atoms with Gasteiger partial charge in [0.1, 0.15) is 11.6 Å².